The second-order valence-corrected chi connectivity index (χ2v) is 16.2. The van der Waals surface area contributed by atoms with E-state index in [0.29, 0.717) is 42.4 Å². The van der Waals surface area contributed by atoms with Crippen molar-refractivity contribution in [3.8, 4) is 16.5 Å². The van der Waals surface area contributed by atoms with Gasteiger partial charge in [-0.1, -0.05) is 62.4 Å². The highest BCUT2D eigenvalue weighted by Gasteiger charge is 2.62. The van der Waals surface area contributed by atoms with Crippen LogP contribution in [-0.2, 0) is 19.1 Å². The molecule has 1 aliphatic carbocycles. The molecule has 2 aromatic heterocycles. The van der Waals surface area contributed by atoms with Gasteiger partial charge in [-0.05, 0) is 80.3 Å². The fourth-order valence-electron chi connectivity index (χ4n) is 7.54. The van der Waals surface area contributed by atoms with Crippen LogP contribution in [0.15, 0.2) is 53.9 Å². The van der Waals surface area contributed by atoms with E-state index in [1.165, 1.54) is 16.2 Å². The van der Waals surface area contributed by atoms with Crippen LogP contribution in [0.25, 0.3) is 32.4 Å². The maximum absolute atomic E-state index is 14.4. The number of amides is 3. The minimum atomic E-state index is -1.36. The first-order valence-electron chi connectivity index (χ1n) is 18.2. The van der Waals surface area contributed by atoms with E-state index in [-0.39, 0.29) is 24.8 Å². The number of aromatic nitrogens is 2. The molecule has 0 radical (unpaired) electrons. The van der Waals surface area contributed by atoms with Gasteiger partial charge in [0.25, 0.3) is 0 Å². The first kappa shape index (κ1) is 35.6. The number of aliphatic carboxylic acids is 1. The minimum absolute atomic E-state index is 0.0221. The summed E-state index contributed by atoms with van der Waals surface area (Å²) in [5, 5.41) is 19.9. The van der Waals surface area contributed by atoms with Crippen LogP contribution in [0.4, 0.5) is 4.79 Å². The zero-order valence-electron chi connectivity index (χ0n) is 29.7. The van der Waals surface area contributed by atoms with Gasteiger partial charge in [0, 0.05) is 6.42 Å². The Morgan fingerprint density at radius 1 is 0.981 bits per heavy atom. The zero-order valence-corrected chi connectivity index (χ0v) is 30.5. The standard InChI is InChI=1S/C39H45N5O7S/c1-38(2,3)51-37(49)42-27-15-8-6-4-5-7-14-25-21-39(25,36(47)48)43-33(45)30-20-26(22-44(30)35(27)46)50-34-32(31-16-11-17-52-31)40-28-18-23-12-9-10-13-24(23)19-29(28)41-34/h9-13,16-19,25-27,30H,4-8,14-15,20-22H2,1-3H3,(H,42,49)(H,43,45)(H,47,48)/t25?,26-,27+,30+,39?/m1/s1. The lowest BCUT2D eigenvalue weighted by Crippen LogP contribution is -2.56. The van der Waals surface area contributed by atoms with E-state index in [1.54, 1.807) is 20.8 Å². The second-order valence-electron chi connectivity index (χ2n) is 15.2. The van der Waals surface area contributed by atoms with Crippen molar-refractivity contribution in [2.75, 3.05) is 6.54 Å². The van der Waals surface area contributed by atoms with Gasteiger partial charge in [-0.3, -0.25) is 9.59 Å². The van der Waals surface area contributed by atoms with Crippen LogP contribution in [0.1, 0.15) is 78.6 Å². The predicted molar refractivity (Wildman–Crippen MR) is 197 cm³/mol. The highest BCUT2D eigenvalue weighted by molar-refractivity contribution is 7.13. The van der Waals surface area contributed by atoms with Gasteiger partial charge in [0.05, 0.1) is 22.5 Å². The Hall–Kier alpha value is -4.78. The molecule has 13 heteroatoms. The second kappa shape index (κ2) is 14.3. The number of alkyl carbamates (subject to hydrolysis) is 1. The summed E-state index contributed by atoms with van der Waals surface area (Å²) in [4.78, 5) is 66.3. The van der Waals surface area contributed by atoms with Crippen molar-refractivity contribution < 1.29 is 33.8 Å². The first-order chi connectivity index (χ1) is 24.9. The molecule has 52 heavy (non-hydrogen) atoms. The Balaban J connectivity index is 1.22. The smallest absolute Gasteiger partial charge is 0.408 e. The third-order valence-corrected chi connectivity index (χ3v) is 11.1. The van der Waals surface area contributed by atoms with E-state index in [2.05, 4.69) is 10.6 Å². The van der Waals surface area contributed by atoms with Crippen molar-refractivity contribution in [2.24, 2.45) is 5.92 Å². The summed E-state index contributed by atoms with van der Waals surface area (Å²) in [6.07, 6.45) is 4.35. The number of nitrogens with one attached hydrogen (secondary N) is 2. The third kappa shape index (κ3) is 7.55. The number of hydrogen-bond acceptors (Lipinski definition) is 9. The topological polar surface area (TPSA) is 160 Å². The number of hydrogen-bond donors (Lipinski definition) is 3. The van der Waals surface area contributed by atoms with Gasteiger partial charge >= 0.3 is 12.1 Å². The molecule has 0 bridgehead atoms. The highest BCUT2D eigenvalue weighted by Crippen LogP contribution is 2.47. The summed E-state index contributed by atoms with van der Waals surface area (Å²) < 4.78 is 12.1. The molecule has 3 aliphatic rings. The molecule has 3 fully saturated rings. The Kier molecular flexibility index (Phi) is 9.81. The molecular formula is C39H45N5O7S. The van der Waals surface area contributed by atoms with Gasteiger partial charge in [0.15, 0.2) is 0 Å². The summed E-state index contributed by atoms with van der Waals surface area (Å²) in [7, 11) is 0. The molecule has 0 spiro atoms. The van der Waals surface area contributed by atoms with Crippen molar-refractivity contribution >= 4 is 57.0 Å². The molecule has 2 aliphatic heterocycles. The Bertz CT molecular complexity index is 2000. The van der Waals surface area contributed by atoms with E-state index in [0.717, 1.165) is 41.3 Å². The molecule has 2 saturated heterocycles. The van der Waals surface area contributed by atoms with Crippen molar-refractivity contribution in [3.05, 3.63) is 53.9 Å². The average molecular weight is 728 g/mol. The molecule has 2 aromatic carbocycles. The van der Waals surface area contributed by atoms with E-state index >= 15 is 0 Å². The van der Waals surface area contributed by atoms with Crippen LogP contribution in [0.5, 0.6) is 5.88 Å². The van der Waals surface area contributed by atoms with E-state index < -0.39 is 53.2 Å². The van der Waals surface area contributed by atoms with E-state index in [4.69, 9.17) is 19.4 Å². The maximum Gasteiger partial charge on any atom is 0.408 e. The monoisotopic (exact) mass is 727 g/mol. The number of fused-ring (bicyclic) bond motifs is 4. The van der Waals surface area contributed by atoms with Gasteiger partial charge in [0.1, 0.15) is 35.0 Å². The van der Waals surface area contributed by atoms with Crippen LogP contribution in [-0.4, -0.2) is 79.7 Å². The van der Waals surface area contributed by atoms with Gasteiger partial charge in [0.2, 0.25) is 17.7 Å². The fourth-order valence-corrected chi connectivity index (χ4v) is 8.25. The number of rotatable bonds is 5. The number of thiophene rings is 1. The van der Waals surface area contributed by atoms with Crippen LogP contribution in [0.2, 0.25) is 0 Å². The number of carboxylic acid groups (broad SMARTS) is 1. The van der Waals surface area contributed by atoms with Gasteiger partial charge < -0.3 is 30.1 Å². The summed E-state index contributed by atoms with van der Waals surface area (Å²) in [5.41, 5.74) is -0.245. The molecule has 3 amide bonds. The number of carboxylic acids is 1. The molecule has 2 unspecified atom stereocenters. The lowest BCUT2D eigenvalue weighted by atomic mass is 10.0. The minimum Gasteiger partial charge on any atom is -0.479 e. The number of carbonyl (C=O) groups is 4. The number of benzene rings is 2. The molecule has 7 rings (SSSR count). The van der Waals surface area contributed by atoms with Gasteiger partial charge in [-0.15, -0.1) is 11.3 Å². The van der Waals surface area contributed by atoms with Crippen LogP contribution in [0, 0.1) is 5.92 Å². The highest BCUT2D eigenvalue weighted by atomic mass is 32.1. The van der Waals surface area contributed by atoms with Gasteiger partial charge in [-0.2, -0.15) is 0 Å². The molecule has 274 valence electrons. The Morgan fingerprint density at radius 3 is 2.35 bits per heavy atom. The molecule has 4 aromatic rings. The summed E-state index contributed by atoms with van der Waals surface area (Å²) in [5.74, 6) is -1.96. The maximum atomic E-state index is 14.4. The SMILES string of the molecule is CC(C)(C)OC(=O)N[C@H]1CCCCCCCC2CC2(C(=O)O)NC(=O)[C@@H]2C[C@@H](Oc3nc4cc5ccccc5cc4nc3-c3cccs3)CN2C1=O. The van der Waals surface area contributed by atoms with Crippen molar-refractivity contribution in [1.82, 2.24) is 25.5 Å². The fraction of sp³-hybridized carbons (Fsp3) is 0.487. The Morgan fingerprint density at radius 2 is 1.67 bits per heavy atom. The van der Waals surface area contributed by atoms with Crippen LogP contribution >= 0.6 is 11.3 Å². The first-order valence-corrected chi connectivity index (χ1v) is 19.0. The molecular weight excluding hydrogens is 683 g/mol. The average Bonchev–Trinajstić information content (AvgIpc) is 3.38. The Labute approximate surface area is 306 Å². The van der Waals surface area contributed by atoms with E-state index in [1.807, 2.05) is 53.9 Å². The number of nitrogens with zero attached hydrogens (tertiary/aromatic N) is 3. The molecule has 3 N–H and O–H groups in total. The quantitative estimate of drug-likeness (QED) is 0.196. The zero-order chi connectivity index (χ0) is 36.6. The summed E-state index contributed by atoms with van der Waals surface area (Å²) in [6, 6.07) is 13.8. The van der Waals surface area contributed by atoms with Crippen molar-refractivity contribution in [2.45, 2.75) is 108 Å². The molecule has 1 saturated carbocycles. The largest absolute Gasteiger partial charge is 0.479 e. The molecule has 5 atom stereocenters. The van der Waals surface area contributed by atoms with Crippen molar-refractivity contribution in [1.29, 1.82) is 0 Å². The summed E-state index contributed by atoms with van der Waals surface area (Å²) >= 11 is 1.50. The molecule has 4 heterocycles. The lowest BCUT2D eigenvalue weighted by Gasteiger charge is -2.30. The number of ether oxygens (including phenoxy) is 2. The summed E-state index contributed by atoms with van der Waals surface area (Å²) in [6.45, 7) is 5.27. The van der Waals surface area contributed by atoms with Crippen molar-refractivity contribution in [3.63, 3.8) is 0 Å². The van der Waals surface area contributed by atoms with E-state index in [9.17, 15) is 24.3 Å². The van der Waals surface area contributed by atoms with Gasteiger partial charge in [-0.25, -0.2) is 19.6 Å². The van der Waals surface area contributed by atoms with Crippen LogP contribution in [0.3, 0.4) is 0 Å². The van der Waals surface area contributed by atoms with Crippen LogP contribution < -0.4 is 15.4 Å². The third-order valence-electron chi connectivity index (χ3n) is 10.2. The normalized spacial score (nSPS) is 25.7. The predicted octanol–water partition coefficient (Wildman–Crippen LogP) is 6.46. The molecule has 12 nitrogen and oxygen atoms in total. The lowest BCUT2D eigenvalue weighted by molar-refractivity contribution is -0.146. The number of carbonyl (C=O) groups excluding carboxylic acids is 3.